The van der Waals surface area contributed by atoms with Gasteiger partial charge >= 0.3 is 29.6 Å². The average molecular weight is 186 g/mol. The van der Waals surface area contributed by atoms with Gasteiger partial charge in [0.25, 0.3) is 0 Å². The van der Waals surface area contributed by atoms with Gasteiger partial charge in [-0.1, -0.05) is 5.21 Å². The van der Waals surface area contributed by atoms with E-state index in [0.29, 0.717) is 5.88 Å². The maximum atomic E-state index is 8.25. The van der Waals surface area contributed by atoms with Crippen LogP contribution in [0.25, 0.3) is 0 Å². The molecular formula is C5H9ClN3NaO. The Kier molecular flexibility index (Phi) is 13.2. The van der Waals surface area contributed by atoms with Crippen LogP contribution in [0.1, 0.15) is 0 Å². The summed E-state index contributed by atoms with van der Waals surface area (Å²) in [4.78, 5) is 0. The summed E-state index contributed by atoms with van der Waals surface area (Å²) < 4.78 is 1.69. The molecule has 11 heavy (non-hydrogen) atoms. The standard InChI is InChI=1S/C4H6ClN3.CH3O.Na/c5-1-3-8-4-2-6-7-8;1-2;/h2,4H,1,3H2;1H3;/q;-1;+1. The van der Waals surface area contributed by atoms with Gasteiger partial charge in [0, 0.05) is 12.1 Å². The van der Waals surface area contributed by atoms with E-state index >= 15 is 0 Å². The molecule has 58 valence electrons. The molecule has 1 aromatic heterocycles. The van der Waals surface area contributed by atoms with E-state index in [1.165, 1.54) is 0 Å². The molecule has 0 saturated carbocycles. The largest absolute Gasteiger partial charge is 1.00 e. The number of alkyl halides is 1. The Labute approximate surface area is 92.8 Å². The predicted octanol–water partition coefficient (Wildman–Crippen LogP) is -3.50. The van der Waals surface area contributed by atoms with Crippen molar-refractivity contribution in [2.75, 3.05) is 13.0 Å². The van der Waals surface area contributed by atoms with Gasteiger partial charge in [-0.15, -0.1) is 16.7 Å². The number of nitrogens with zero attached hydrogens (tertiary/aromatic N) is 3. The van der Waals surface area contributed by atoms with Crippen molar-refractivity contribution in [1.82, 2.24) is 15.0 Å². The Morgan fingerprint density at radius 3 is 2.55 bits per heavy atom. The normalized spacial score (nSPS) is 7.55. The van der Waals surface area contributed by atoms with E-state index in [4.69, 9.17) is 16.7 Å². The van der Waals surface area contributed by atoms with Crippen LogP contribution < -0.4 is 34.7 Å². The maximum absolute atomic E-state index is 8.25. The van der Waals surface area contributed by atoms with Crippen molar-refractivity contribution in [2.45, 2.75) is 6.54 Å². The van der Waals surface area contributed by atoms with E-state index in [0.717, 1.165) is 13.7 Å². The van der Waals surface area contributed by atoms with E-state index in [1.54, 1.807) is 17.1 Å². The maximum Gasteiger partial charge on any atom is 1.00 e. The zero-order chi connectivity index (χ0) is 7.82. The van der Waals surface area contributed by atoms with E-state index in [2.05, 4.69) is 10.3 Å². The van der Waals surface area contributed by atoms with Crippen molar-refractivity contribution in [3.05, 3.63) is 12.4 Å². The van der Waals surface area contributed by atoms with Gasteiger partial charge in [-0.05, 0) is 0 Å². The SMILES string of the molecule is C[O-].ClCCn1ccnn1.[Na+]. The average Bonchev–Trinajstić information content (AvgIpc) is 2.46. The molecule has 0 aliphatic heterocycles. The van der Waals surface area contributed by atoms with Crippen LogP contribution in [-0.4, -0.2) is 28.0 Å². The Morgan fingerprint density at radius 2 is 2.18 bits per heavy atom. The van der Waals surface area contributed by atoms with Crippen LogP contribution in [0, 0.1) is 0 Å². The third-order valence-corrected chi connectivity index (χ3v) is 0.955. The molecule has 0 radical (unpaired) electrons. The molecule has 0 aromatic carbocycles. The summed E-state index contributed by atoms with van der Waals surface area (Å²) in [7, 11) is 0.750. The molecule has 0 fully saturated rings. The third kappa shape index (κ3) is 6.77. The minimum Gasteiger partial charge on any atom is -0.857 e. The van der Waals surface area contributed by atoms with Crippen molar-refractivity contribution < 1.29 is 34.7 Å². The summed E-state index contributed by atoms with van der Waals surface area (Å²) in [5.41, 5.74) is 0. The minimum absolute atomic E-state index is 0. The molecule has 0 aliphatic rings. The number of aryl methyl sites for hydroxylation is 1. The number of aromatic nitrogens is 3. The third-order valence-electron chi connectivity index (χ3n) is 0.786. The Balaban J connectivity index is 0. The van der Waals surface area contributed by atoms with Crippen LogP contribution in [0.3, 0.4) is 0 Å². The molecule has 0 bridgehead atoms. The summed E-state index contributed by atoms with van der Waals surface area (Å²) >= 11 is 5.40. The van der Waals surface area contributed by atoms with Crippen molar-refractivity contribution in [3.63, 3.8) is 0 Å². The first-order valence-corrected chi connectivity index (χ1v) is 3.28. The predicted molar refractivity (Wildman–Crippen MR) is 36.7 cm³/mol. The number of rotatable bonds is 2. The molecule has 1 heterocycles. The number of hydrogen-bond donors (Lipinski definition) is 0. The van der Waals surface area contributed by atoms with Crippen molar-refractivity contribution in [1.29, 1.82) is 0 Å². The van der Waals surface area contributed by atoms with E-state index in [-0.39, 0.29) is 29.6 Å². The van der Waals surface area contributed by atoms with Crippen LogP contribution in [0.2, 0.25) is 0 Å². The summed E-state index contributed by atoms with van der Waals surface area (Å²) in [6.07, 6.45) is 3.41. The van der Waals surface area contributed by atoms with Crippen LogP contribution in [0.4, 0.5) is 0 Å². The van der Waals surface area contributed by atoms with Gasteiger partial charge in [0.05, 0.1) is 12.7 Å². The first-order valence-electron chi connectivity index (χ1n) is 2.74. The zero-order valence-electron chi connectivity index (χ0n) is 6.70. The fourth-order valence-electron chi connectivity index (χ4n) is 0.439. The molecular weight excluding hydrogens is 177 g/mol. The van der Waals surface area contributed by atoms with Crippen molar-refractivity contribution >= 4 is 11.6 Å². The summed E-state index contributed by atoms with van der Waals surface area (Å²) in [5.74, 6) is 0.587. The van der Waals surface area contributed by atoms with Crippen molar-refractivity contribution in [2.24, 2.45) is 0 Å². The Hall–Kier alpha value is 0.390. The van der Waals surface area contributed by atoms with Crippen LogP contribution in [-0.2, 0) is 6.54 Å². The van der Waals surface area contributed by atoms with Crippen LogP contribution in [0.15, 0.2) is 12.4 Å². The summed E-state index contributed by atoms with van der Waals surface area (Å²) in [6.45, 7) is 0.738. The minimum atomic E-state index is 0. The Bertz CT molecular complexity index is 147. The molecule has 0 atom stereocenters. The van der Waals surface area contributed by atoms with Gasteiger partial charge in [-0.25, -0.2) is 0 Å². The van der Waals surface area contributed by atoms with Crippen LogP contribution >= 0.6 is 11.6 Å². The molecule has 0 saturated heterocycles. The number of halogens is 1. The molecule has 6 heteroatoms. The zero-order valence-corrected chi connectivity index (χ0v) is 9.45. The van der Waals surface area contributed by atoms with Gasteiger partial charge in [0.1, 0.15) is 0 Å². The van der Waals surface area contributed by atoms with E-state index < -0.39 is 0 Å². The van der Waals surface area contributed by atoms with Crippen molar-refractivity contribution in [3.8, 4) is 0 Å². The molecule has 0 amide bonds. The molecule has 1 rings (SSSR count). The monoisotopic (exact) mass is 185 g/mol. The van der Waals surface area contributed by atoms with Crippen LogP contribution in [0.5, 0.6) is 0 Å². The van der Waals surface area contributed by atoms with E-state index in [9.17, 15) is 0 Å². The van der Waals surface area contributed by atoms with Gasteiger partial charge in [-0.2, -0.15) is 7.11 Å². The molecule has 0 spiro atoms. The first-order chi connectivity index (χ1) is 4.93. The van der Waals surface area contributed by atoms with Gasteiger partial charge in [-0.3, -0.25) is 4.68 Å². The quantitative estimate of drug-likeness (QED) is 0.355. The fraction of sp³-hybridized carbons (Fsp3) is 0.600. The summed E-state index contributed by atoms with van der Waals surface area (Å²) in [6, 6.07) is 0. The molecule has 0 N–H and O–H groups in total. The number of hydrogen-bond acceptors (Lipinski definition) is 3. The second-order valence-electron chi connectivity index (χ2n) is 1.36. The molecule has 1 aromatic rings. The topological polar surface area (TPSA) is 53.8 Å². The van der Waals surface area contributed by atoms with E-state index in [1.807, 2.05) is 0 Å². The smallest absolute Gasteiger partial charge is 0.857 e. The second-order valence-corrected chi connectivity index (χ2v) is 1.73. The second kappa shape index (κ2) is 10.4. The molecule has 4 nitrogen and oxygen atoms in total. The Morgan fingerprint density at radius 1 is 1.55 bits per heavy atom. The fourth-order valence-corrected chi connectivity index (χ4v) is 0.612. The summed E-state index contributed by atoms with van der Waals surface area (Å²) in [5, 5.41) is 15.5. The van der Waals surface area contributed by atoms with Gasteiger partial charge in [0.2, 0.25) is 0 Å². The molecule has 0 unspecified atom stereocenters. The molecule has 0 aliphatic carbocycles. The first kappa shape index (κ1) is 13.9. The van der Waals surface area contributed by atoms with Gasteiger partial charge < -0.3 is 5.11 Å². The van der Waals surface area contributed by atoms with Gasteiger partial charge in [0.15, 0.2) is 0 Å².